The number of pyridine rings is 1. The van der Waals surface area contributed by atoms with Crippen LogP contribution >= 0.6 is 11.6 Å². The minimum absolute atomic E-state index is 0.322. The van der Waals surface area contributed by atoms with Gasteiger partial charge >= 0.3 is 0 Å². The molecule has 2 aromatic rings. The van der Waals surface area contributed by atoms with Gasteiger partial charge in [-0.05, 0) is 24.5 Å². The lowest BCUT2D eigenvalue weighted by Crippen LogP contribution is -2.38. The van der Waals surface area contributed by atoms with E-state index in [1.165, 1.54) is 11.8 Å². The highest BCUT2D eigenvalue weighted by atomic mass is 35.5. The van der Waals surface area contributed by atoms with Gasteiger partial charge in [0, 0.05) is 31.9 Å². The number of hydrogen-bond acceptors (Lipinski definition) is 4. The Balaban J connectivity index is 1.53. The van der Waals surface area contributed by atoms with Gasteiger partial charge in [0.05, 0.1) is 10.6 Å². The second kappa shape index (κ2) is 7.64. The number of amides is 1. The molecule has 1 aliphatic rings. The standard InChI is InChI=1S/C18H21ClN4O/c19-16-10-14(17(20)24)11-21-18(16)22-15-6-8-23(9-7-15)12-13-4-2-1-3-5-13/h1-5,10-11,15H,6-9,12H2,(H2,20,24)(H,21,22). The van der Waals surface area contributed by atoms with Crippen LogP contribution in [0.25, 0.3) is 0 Å². The molecule has 0 spiro atoms. The number of carbonyl (C=O) groups excluding carboxylic acids is 1. The number of primary amides is 1. The Morgan fingerprint density at radius 1 is 1.29 bits per heavy atom. The van der Waals surface area contributed by atoms with Gasteiger partial charge in [-0.3, -0.25) is 9.69 Å². The number of benzene rings is 1. The maximum Gasteiger partial charge on any atom is 0.250 e. The molecular formula is C18H21ClN4O. The van der Waals surface area contributed by atoms with Crippen molar-refractivity contribution < 1.29 is 4.79 Å². The van der Waals surface area contributed by atoms with Gasteiger partial charge in [0.1, 0.15) is 5.82 Å². The molecule has 3 rings (SSSR count). The maximum atomic E-state index is 11.1. The van der Waals surface area contributed by atoms with E-state index in [-0.39, 0.29) is 0 Å². The fourth-order valence-corrected chi connectivity index (χ4v) is 3.17. The average molecular weight is 345 g/mol. The van der Waals surface area contributed by atoms with Crippen molar-refractivity contribution in [2.75, 3.05) is 18.4 Å². The normalized spacial score (nSPS) is 16.0. The highest BCUT2D eigenvalue weighted by Gasteiger charge is 2.20. The summed E-state index contributed by atoms with van der Waals surface area (Å²) >= 11 is 6.19. The first-order valence-electron chi connectivity index (χ1n) is 8.10. The molecular weight excluding hydrogens is 324 g/mol. The van der Waals surface area contributed by atoms with E-state index in [1.54, 1.807) is 6.07 Å². The molecule has 0 radical (unpaired) electrons. The molecule has 0 unspecified atom stereocenters. The smallest absolute Gasteiger partial charge is 0.250 e. The number of anilines is 1. The quantitative estimate of drug-likeness (QED) is 0.874. The lowest BCUT2D eigenvalue weighted by Gasteiger charge is -2.32. The van der Waals surface area contributed by atoms with E-state index in [9.17, 15) is 4.79 Å². The number of aromatic nitrogens is 1. The van der Waals surface area contributed by atoms with Gasteiger partial charge < -0.3 is 11.1 Å². The second-order valence-electron chi connectivity index (χ2n) is 6.10. The van der Waals surface area contributed by atoms with Crippen molar-refractivity contribution in [3.8, 4) is 0 Å². The molecule has 0 bridgehead atoms. The van der Waals surface area contributed by atoms with Crippen LogP contribution in [0.3, 0.4) is 0 Å². The van der Waals surface area contributed by atoms with Crippen LogP contribution in [0, 0.1) is 0 Å². The largest absolute Gasteiger partial charge is 0.366 e. The van der Waals surface area contributed by atoms with Crippen molar-refractivity contribution in [3.63, 3.8) is 0 Å². The summed E-state index contributed by atoms with van der Waals surface area (Å²) in [6, 6.07) is 12.4. The van der Waals surface area contributed by atoms with Gasteiger partial charge in [-0.25, -0.2) is 4.98 Å². The number of halogens is 1. The fourth-order valence-electron chi connectivity index (χ4n) is 2.95. The van der Waals surface area contributed by atoms with Gasteiger partial charge in [0.25, 0.3) is 0 Å². The molecule has 0 saturated carbocycles. The Morgan fingerprint density at radius 2 is 2.00 bits per heavy atom. The molecule has 1 saturated heterocycles. The zero-order valence-corrected chi connectivity index (χ0v) is 14.2. The minimum Gasteiger partial charge on any atom is -0.366 e. The molecule has 6 heteroatoms. The van der Waals surface area contributed by atoms with E-state index in [0.717, 1.165) is 32.5 Å². The first-order chi connectivity index (χ1) is 11.6. The van der Waals surface area contributed by atoms with E-state index in [1.807, 2.05) is 6.07 Å². The Bertz CT molecular complexity index is 699. The number of piperidine rings is 1. The van der Waals surface area contributed by atoms with Crippen molar-refractivity contribution in [1.82, 2.24) is 9.88 Å². The number of rotatable bonds is 5. The highest BCUT2D eigenvalue weighted by Crippen LogP contribution is 2.23. The molecule has 0 aliphatic carbocycles. The van der Waals surface area contributed by atoms with Crippen LogP contribution in [-0.4, -0.2) is 34.9 Å². The Kier molecular flexibility index (Phi) is 5.33. The monoisotopic (exact) mass is 344 g/mol. The van der Waals surface area contributed by atoms with Crippen molar-refractivity contribution in [3.05, 3.63) is 58.7 Å². The summed E-state index contributed by atoms with van der Waals surface area (Å²) in [5, 5.41) is 3.81. The molecule has 126 valence electrons. The van der Waals surface area contributed by atoms with E-state index >= 15 is 0 Å². The Labute approximate surface area is 146 Å². The van der Waals surface area contributed by atoms with Crippen molar-refractivity contribution in [1.29, 1.82) is 0 Å². The number of likely N-dealkylation sites (tertiary alicyclic amines) is 1. The average Bonchev–Trinajstić information content (AvgIpc) is 2.59. The van der Waals surface area contributed by atoms with Crippen LogP contribution in [0.2, 0.25) is 5.02 Å². The third kappa shape index (κ3) is 4.24. The van der Waals surface area contributed by atoms with Crippen molar-refractivity contribution in [2.45, 2.75) is 25.4 Å². The molecule has 0 atom stereocenters. The van der Waals surface area contributed by atoms with E-state index in [2.05, 4.69) is 39.5 Å². The highest BCUT2D eigenvalue weighted by molar-refractivity contribution is 6.33. The van der Waals surface area contributed by atoms with Crippen LogP contribution in [0.15, 0.2) is 42.6 Å². The summed E-state index contributed by atoms with van der Waals surface area (Å²) in [7, 11) is 0. The van der Waals surface area contributed by atoms with E-state index in [0.29, 0.717) is 22.4 Å². The first kappa shape index (κ1) is 16.7. The second-order valence-corrected chi connectivity index (χ2v) is 6.51. The molecule has 24 heavy (non-hydrogen) atoms. The summed E-state index contributed by atoms with van der Waals surface area (Å²) in [5.41, 5.74) is 6.90. The van der Waals surface area contributed by atoms with Crippen molar-refractivity contribution in [2.24, 2.45) is 5.73 Å². The predicted molar refractivity (Wildman–Crippen MR) is 96.1 cm³/mol. The summed E-state index contributed by atoms with van der Waals surface area (Å²) < 4.78 is 0. The van der Waals surface area contributed by atoms with Crippen molar-refractivity contribution >= 4 is 23.3 Å². The Morgan fingerprint density at radius 3 is 2.62 bits per heavy atom. The van der Waals surface area contributed by atoms with Gasteiger partial charge in [-0.15, -0.1) is 0 Å². The van der Waals surface area contributed by atoms with Gasteiger partial charge in [0.15, 0.2) is 0 Å². The summed E-state index contributed by atoms with van der Waals surface area (Å²) in [4.78, 5) is 17.8. The van der Waals surface area contributed by atoms with E-state index in [4.69, 9.17) is 17.3 Å². The number of nitrogens with one attached hydrogen (secondary N) is 1. The molecule has 1 aliphatic heterocycles. The van der Waals surface area contributed by atoms with Crippen LogP contribution in [-0.2, 0) is 6.54 Å². The molecule has 1 fully saturated rings. The third-order valence-electron chi connectivity index (χ3n) is 4.30. The fraction of sp³-hybridized carbons (Fsp3) is 0.333. The molecule has 5 nitrogen and oxygen atoms in total. The van der Waals surface area contributed by atoms with Gasteiger partial charge in [-0.2, -0.15) is 0 Å². The lowest BCUT2D eigenvalue weighted by atomic mass is 10.0. The SMILES string of the molecule is NC(=O)c1cnc(NC2CCN(Cc3ccccc3)CC2)c(Cl)c1. The number of hydrogen-bond donors (Lipinski definition) is 2. The number of nitrogens with two attached hydrogens (primary N) is 1. The molecule has 1 amide bonds. The maximum absolute atomic E-state index is 11.1. The van der Waals surface area contributed by atoms with Crippen LogP contribution in [0.5, 0.6) is 0 Å². The van der Waals surface area contributed by atoms with Gasteiger partial charge in [-0.1, -0.05) is 41.9 Å². The first-order valence-corrected chi connectivity index (χ1v) is 8.48. The zero-order chi connectivity index (χ0) is 16.9. The van der Waals surface area contributed by atoms with Crippen LogP contribution in [0.4, 0.5) is 5.82 Å². The van der Waals surface area contributed by atoms with Crippen LogP contribution < -0.4 is 11.1 Å². The molecule has 1 aromatic carbocycles. The third-order valence-corrected chi connectivity index (χ3v) is 4.59. The number of carbonyl (C=O) groups is 1. The van der Waals surface area contributed by atoms with Gasteiger partial charge in [0.2, 0.25) is 5.91 Å². The summed E-state index contributed by atoms with van der Waals surface area (Å²) in [6.07, 6.45) is 3.52. The summed E-state index contributed by atoms with van der Waals surface area (Å²) in [6.45, 7) is 3.05. The Hall–Kier alpha value is -2.11. The zero-order valence-electron chi connectivity index (χ0n) is 13.4. The van der Waals surface area contributed by atoms with Crippen LogP contribution in [0.1, 0.15) is 28.8 Å². The molecule has 1 aromatic heterocycles. The molecule has 2 heterocycles. The summed E-state index contributed by atoms with van der Waals surface area (Å²) in [5.74, 6) is 0.0911. The number of nitrogens with zero attached hydrogens (tertiary/aromatic N) is 2. The predicted octanol–water partition coefficient (Wildman–Crippen LogP) is 2.91. The van der Waals surface area contributed by atoms with E-state index < -0.39 is 5.91 Å². The lowest BCUT2D eigenvalue weighted by molar-refractivity contribution is 0.1000. The molecule has 3 N–H and O–H groups in total. The minimum atomic E-state index is -0.523. The topological polar surface area (TPSA) is 71.2 Å².